The molecule has 0 aromatic carbocycles. The van der Waals surface area contributed by atoms with Crippen LogP contribution >= 0.6 is 24.8 Å². The molecular formula is C17H29Cl2N5O. The molecule has 2 atom stereocenters. The normalized spacial score (nSPS) is 23.8. The predicted octanol–water partition coefficient (Wildman–Crippen LogP) is 1.49. The number of piperazine rings is 1. The highest BCUT2D eigenvalue weighted by atomic mass is 35.5. The zero-order chi connectivity index (χ0) is 16.4. The number of rotatable bonds is 3. The second kappa shape index (κ2) is 9.57. The fourth-order valence-corrected chi connectivity index (χ4v) is 3.52. The lowest BCUT2D eigenvalue weighted by atomic mass is 10.1. The number of carbonyl (C=O) groups is 1. The Labute approximate surface area is 162 Å². The summed E-state index contributed by atoms with van der Waals surface area (Å²) in [7, 11) is 2.13. The number of nitrogens with zero attached hydrogens (tertiary/aromatic N) is 4. The molecule has 2 unspecified atom stereocenters. The molecule has 1 amide bonds. The summed E-state index contributed by atoms with van der Waals surface area (Å²) in [5.41, 5.74) is 6.51. The highest BCUT2D eigenvalue weighted by Crippen LogP contribution is 2.25. The fraction of sp³-hybridized carbons (Fsp3) is 0.647. The molecule has 8 heteroatoms. The summed E-state index contributed by atoms with van der Waals surface area (Å²) >= 11 is 0. The minimum atomic E-state index is 0. The average molecular weight is 390 g/mol. The number of nitrogens with two attached hydrogens (primary N) is 1. The van der Waals surface area contributed by atoms with E-state index in [1.165, 1.54) is 0 Å². The van der Waals surface area contributed by atoms with Crippen LogP contribution in [0, 0.1) is 5.92 Å². The van der Waals surface area contributed by atoms with Crippen LogP contribution in [0.2, 0.25) is 0 Å². The van der Waals surface area contributed by atoms with Crippen LogP contribution in [0.25, 0.3) is 0 Å². The molecule has 25 heavy (non-hydrogen) atoms. The maximum atomic E-state index is 12.8. The Balaban J connectivity index is 0.00000156. The van der Waals surface area contributed by atoms with E-state index in [9.17, 15) is 4.79 Å². The molecule has 2 aliphatic heterocycles. The first-order valence-corrected chi connectivity index (χ1v) is 8.49. The number of anilines is 1. The smallest absolute Gasteiger partial charge is 0.254 e. The predicted molar refractivity (Wildman–Crippen MR) is 106 cm³/mol. The molecule has 0 bridgehead atoms. The van der Waals surface area contributed by atoms with Gasteiger partial charge in [-0.1, -0.05) is 0 Å². The van der Waals surface area contributed by atoms with Gasteiger partial charge in [0.2, 0.25) is 0 Å². The standard InChI is InChI=1S/C17H27N5O.2ClH/c1-13-9-14(11-18)12-22(13)17(23)15-3-4-19-16(10-15)21-7-5-20(2)6-8-21;;/h3-4,10,13-14H,5-9,11-12,18H2,1-2H3;2*1H. The molecule has 6 nitrogen and oxygen atoms in total. The van der Waals surface area contributed by atoms with E-state index in [0.29, 0.717) is 12.5 Å². The van der Waals surface area contributed by atoms with Crippen LogP contribution < -0.4 is 10.6 Å². The van der Waals surface area contributed by atoms with Crippen molar-refractivity contribution in [2.24, 2.45) is 11.7 Å². The Morgan fingerprint density at radius 3 is 2.56 bits per heavy atom. The number of likely N-dealkylation sites (tertiary alicyclic amines) is 1. The van der Waals surface area contributed by atoms with E-state index < -0.39 is 0 Å². The molecule has 0 aliphatic carbocycles. The fourth-order valence-electron chi connectivity index (χ4n) is 3.52. The first-order valence-electron chi connectivity index (χ1n) is 8.49. The van der Waals surface area contributed by atoms with Crippen LogP contribution in [0.3, 0.4) is 0 Å². The molecule has 3 heterocycles. The Bertz CT molecular complexity index is 566. The number of aromatic nitrogens is 1. The lowest BCUT2D eigenvalue weighted by Gasteiger charge is -2.33. The topological polar surface area (TPSA) is 65.7 Å². The molecule has 2 N–H and O–H groups in total. The molecule has 2 saturated heterocycles. The molecule has 0 radical (unpaired) electrons. The quantitative estimate of drug-likeness (QED) is 0.847. The number of carbonyl (C=O) groups excluding carboxylic acids is 1. The van der Waals surface area contributed by atoms with Gasteiger partial charge in [0.1, 0.15) is 5.82 Å². The van der Waals surface area contributed by atoms with Crippen molar-refractivity contribution in [3.63, 3.8) is 0 Å². The summed E-state index contributed by atoms with van der Waals surface area (Å²) in [6.45, 7) is 7.49. The molecule has 0 spiro atoms. The third-order valence-corrected chi connectivity index (χ3v) is 5.08. The first kappa shape index (κ1) is 22.0. The van der Waals surface area contributed by atoms with Gasteiger partial charge in [0.15, 0.2) is 0 Å². The van der Waals surface area contributed by atoms with Crippen molar-refractivity contribution in [2.75, 3.05) is 51.2 Å². The maximum Gasteiger partial charge on any atom is 0.254 e. The van der Waals surface area contributed by atoms with Gasteiger partial charge in [-0.3, -0.25) is 4.79 Å². The molecule has 2 fully saturated rings. The van der Waals surface area contributed by atoms with Gasteiger partial charge in [-0.25, -0.2) is 4.98 Å². The van der Waals surface area contributed by atoms with Crippen molar-refractivity contribution in [1.29, 1.82) is 0 Å². The van der Waals surface area contributed by atoms with Crippen molar-refractivity contribution in [3.8, 4) is 0 Å². The SMILES string of the molecule is CC1CC(CN)CN1C(=O)c1ccnc(N2CCN(C)CC2)c1.Cl.Cl. The lowest BCUT2D eigenvalue weighted by molar-refractivity contribution is 0.0743. The average Bonchev–Trinajstić information content (AvgIpc) is 2.96. The number of amides is 1. The number of pyridine rings is 1. The van der Waals surface area contributed by atoms with Gasteiger partial charge in [0.05, 0.1) is 0 Å². The highest BCUT2D eigenvalue weighted by Gasteiger charge is 2.32. The molecule has 142 valence electrons. The van der Waals surface area contributed by atoms with Crippen LogP contribution in [0.5, 0.6) is 0 Å². The molecular weight excluding hydrogens is 361 g/mol. The Kier molecular flexibility index (Phi) is 8.41. The van der Waals surface area contributed by atoms with Crippen molar-refractivity contribution in [2.45, 2.75) is 19.4 Å². The van der Waals surface area contributed by atoms with Crippen molar-refractivity contribution in [1.82, 2.24) is 14.8 Å². The van der Waals surface area contributed by atoms with Gasteiger partial charge in [-0.2, -0.15) is 0 Å². The summed E-state index contributed by atoms with van der Waals surface area (Å²) in [6.07, 6.45) is 2.75. The largest absolute Gasteiger partial charge is 0.354 e. The molecule has 2 aliphatic rings. The zero-order valence-corrected chi connectivity index (χ0v) is 16.6. The third-order valence-electron chi connectivity index (χ3n) is 5.08. The van der Waals surface area contributed by atoms with E-state index in [2.05, 4.69) is 28.8 Å². The van der Waals surface area contributed by atoms with Gasteiger partial charge in [-0.05, 0) is 45.0 Å². The third kappa shape index (κ3) is 4.97. The van der Waals surface area contributed by atoms with E-state index in [4.69, 9.17) is 5.73 Å². The van der Waals surface area contributed by atoms with Crippen LogP contribution in [0.1, 0.15) is 23.7 Å². The maximum absolute atomic E-state index is 12.8. The summed E-state index contributed by atoms with van der Waals surface area (Å²) in [5.74, 6) is 1.44. The minimum absolute atomic E-state index is 0. The van der Waals surface area contributed by atoms with E-state index in [1.54, 1.807) is 6.20 Å². The summed E-state index contributed by atoms with van der Waals surface area (Å²) < 4.78 is 0. The van der Waals surface area contributed by atoms with Gasteiger partial charge >= 0.3 is 0 Å². The van der Waals surface area contributed by atoms with E-state index in [1.807, 2.05) is 17.0 Å². The molecule has 3 rings (SSSR count). The van der Waals surface area contributed by atoms with Crippen LogP contribution in [-0.4, -0.2) is 73.0 Å². The van der Waals surface area contributed by atoms with Gasteiger partial charge < -0.3 is 20.4 Å². The molecule has 1 aromatic rings. The Hall–Kier alpha value is -1.08. The van der Waals surface area contributed by atoms with Gasteiger partial charge in [0, 0.05) is 50.5 Å². The summed E-state index contributed by atoms with van der Waals surface area (Å²) in [6, 6.07) is 4.02. The van der Waals surface area contributed by atoms with E-state index in [0.717, 1.165) is 50.5 Å². The zero-order valence-electron chi connectivity index (χ0n) is 14.9. The summed E-state index contributed by atoms with van der Waals surface area (Å²) in [5, 5.41) is 0. The van der Waals surface area contributed by atoms with E-state index >= 15 is 0 Å². The van der Waals surface area contributed by atoms with Crippen molar-refractivity contribution in [3.05, 3.63) is 23.9 Å². The number of likely N-dealkylation sites (N-methyl/N-ethyl adjacent to an activating group) is 1. The van der Waals surface area contributed by atoms with E-state index in [-0.39, 0.29) is 36.8 Å². The van der Waals surface area contributed by atoms with Crippen molar-refractivity contribution < 1.29 is 4.79 Å². The second-order valence-electron chi connectivity index (χ2n) is 6.84. The highest BCUT2D eigenvalue weighted by molar-refractivity contribution is 5.95. The Morgan fingerprint density at radius 2 is 1.96 bits per heavy atom. The first-order chi connectivity index (χ1) is 11.1. The Morgan fingerprint density at radius 1 is 1.28 bits per heavy atom. The lowest BCUT2D eigenvalue weighted by Crippen LogP contribution is -2.45. The number of hydrogen-bond donors (Lipinski definition) is 1. The second-order valence-corrected chi connectivity index (χ2v) is 6.84. The number of hydrogen-bond acceptors (Lipinski definition) is 5. The number of halogens is 2. The van der Waals surface area contributed by atoms with Gasteiger partial charge in [-0.15, -0.1) is 24.8 Å². The summed E-state index contributed by atoms with van der Waals surface area (Å²) in [4.78, 5) is 23.8. The molecule has 0 saturated carbocycles. The van der Waals surface area contributed by atoms with Crippen molar-refractivity contribution >= 4 is 36.5 Å². The van der Waals surface area contributed by atoms with Crippen LogP contribution in [0.4, 0.5) is 5.82 Å². The van der Waals surface area contributed by atoms with Gasteiger partial charge in [0.25, 0.3) is 5.91 Å². The van der Waals surface area contributed by atoms with Crippen LogP contribution in [0.15, 0.2) is 18.3 Å². The molecule has 1 aromatic heterocycles. The minimum Gasteiger partial charge on any atom is -0.354 e. The monoisotopic (exact) mass is 389 g/mol. The van der Waals surface area contributed by atoms with Crippen LogP contribution in [-0.2, 0) is 0 Å².